The van der Waals surface area contributed by atoms with Gasteiger partial charge in [0.25, 0.3) is 5.91 Å². The minimum atomic E-state index is -0.0764. The van der Waals surface area contributed by atoms with Crippen LogP contribution in [0.5, 0.6) is 0 Å². The molecule has 0 radical (unpaired) electrons. The lowest BCUT2D eigenvalue weighted by molar-refractivity contribution is 0.0677. The van der Waals surface area contributed by atoms with Crippen molar-refractivity contribution in [2.24, 2.45) is 0 Å². The molecule has 1 fully saturated rings. The number of carbonyl (C=O) groups is 1. The van der Waals surface area contributed by atoms with Gasteiger partial charge in [-0.1, -0.05) is 11.6 Å². The van der Waals surface area contributed by atoms with Crippen molar-refractivity contribution in [1.29, 1.82) is 0 Å². The molecule has 1 aliphatic heterocycles. The highest BCUT2D eigenvalue weighted by molar-refractivity contribution is 7.98. The Morgan fingerprint density at radius 3 is 3.06 bits per heavy atom. The summed E-state index contributed by atoms with van der Waals surface area (Å²) in [6.45, 7) is 0.718. The molecule has 1 aliphatic rings. The van der Waals surface area contributed by atoms with Crippen LogP contribution in [0.1, 0.15) is 23.2 Å². The molecule has 1 heterocycles. The average Bonchev–Trinajstić information content (AvgIpc) is 2.86. The topological polar surface area (TPSA) is 40.5 Å². The van der Waals surface area contributed by atoms with Crippen LogP contribution in [0.4, 0.5) is 0 Å². The molecular weight excluding hydrogens is 270 g/mol. The molecule has 1 saturated heterocycles. The molecule has 1 amide bonds. The smallest absolute Gasteiger partial charge is 0.255 e. The monoisotopic (exact) mass is 285 g/mol. The molecule has 0 unspecified atom stereocenters. The highest BCUT2D eigenvalue weighted by atomic mass is 35.5. The Hall–Kier alpha value is -0.710. The van der Waals surface area contributed by atoms with E-state index in [1.807, 2.05) is 18.4 Å². The molecule has 5 heteroatoms. The van der Waals surface area contributed by atoms with Crippen LogP contribution < -0.4 is 0 Å². The molecule has 98 valence electrons. The van der Waals surface area contributed by atoms with E-state index in [1.165, 1.54) is 0 Å². The highest BCUT2D eigenvalue weighted by Gasteiger charge is 2.29. The number of likely N-dealkylation sites (tertiary alicyclic amines) is 1. The normalized spacial score (nSPS) is 19.3. The van der Waals surface area contributed by atoms with E-state index >= 15 is 0 Å². The number of hydrogen-bond donors (Lipinski definition) is 1. The van der Waals surface area contributed by atoms with Gasteiger partial charge < -0.3 is 10.0 Å². The summed E-state index contributed by atoms with van der Waals surface area (Å²) in [5.41, 5.74) is 0.531. The number of hydrogen-bond acceptors (Lipinski definition) is 3. The fourth-order valence-electron chi connectivity index (χ4n) is 2.24. The number of aliphatic hydroxyl groups is 1. The molecule has 0 aromatic heterocycles. The van der Waals surface area contributed by atoms with E-state index in [-0.39, 0.29) is 18.6 Å². The number of aliphatic hydroxyl groups excluding tert-OH is 1. The summed E-state index contributed by atoms with van der Waals surface area (Å²) in [5, 5.41) is 9.74. The van der Waals surface area contributed by atoms with Crippen LogP contribution in [0.25, 0.3) is 0 Å². The van der Waals surface area contributed by atoms with Crippen molar-refractivity contribution in [1.82, 2.24) is 4.90 Å². The van der Waals surface area contributed by atoms with Crippen molar-refractivity contribution >= 4 is 29.3 Å². The molecule has 1 atom stereocenters. The molecular formula is C13H16ClNO2S. The third kappa shape index (κ3) is 2.66. The molecule has 0 aliphatic carbocycles. The Bertz CT molecular complexity index is 453. The summed E-state index contributed by atoms with van der Waals surface area (Å²) in [6, 6.07) is 5.41. The summed E-state index contributed by atoms with van der Waals surface area (Å²) in [4.78, 5) is 15.2. The van der Waals surface area contributed by atoms with Gasteiger partial charge in [-0.25, -0.2) is 0 Å². The number of halogens is 1. The Balaban J connectivity index is 2.27. The lowest BCUT2D eigenvalue weighted by Gasteiger charge is -2.23. The summed E-state index contributed by atoms with van der Waals surface area (Å²) < 4.78 is 0. The maximum Gasteiger partial charge on any atom is 0.255 e. The van der Waals surface area contributed by atoms with E-state index in [0.29, 0.717) is 17.1 Å². The molecule has 1 aromatic carbocycles. The van der Waals surface area contributed by atoms with Crippen LogP contribution in [0.15, 0.2) is 23.1 Å². The van der Waals surface area contributed by atoms with Gasteiger partial charge in [-0.3, -0.25) is 4.79 Å². The van der Waals surface area contributed by atoms with E-state index < -0.39 is 0 Å². The third-order valence-corrected chi connectivity index (χ3v) is 4.31. The minimum Gasteiger partial charge on any atom is -0.394 e. The van der Waals surface area contributed by atoms with E-state index in [0.717, 1.165) is 17.7 Å². The van der Waals surface area contributed by atoms with Gasteiger partial charge in [0.1, 0.15) is 0 Å². The summed E-state index contributed by atoms with van der Waals surface area (Å²) >= 11 is 7.68. The Morgan fingerprint density at radius 1 is 1.61 bits per heavy atom. The van der Waals surface area contributed by atoms with Gasteiger partial charge in [-0.15, -0.1) is 11.8 Å². The largest absolute Gasteiger partial charge is 0.394 e. The SMILES string of the molecule is CSc1ccc(Cl)c(C(=O)N2CCC[C@H]2CO)c1. The van der Waals surface area contributed by atoms with Crippen LogP contribution in [0.3, 0.4) is 0 Å². The second kappa shape index (κ2) is 5.95. The van der Waals surface area contributed by atoms with E-state index in [9.17, 15) is 9.90 Å². The van der Waals surface area contributed by atoms with Crippen molar-refractivity contribution in [2.75, 3.05) is 19.4 Å². The van der Waals surface area contributed by atoms with Crippen molar-refractivity contribution in [3.63, 3.8) is 0 Å². The molecule has 18 heavy (non-hydrogen) atoms. The predicted molar refractivity (Wildman–Crippen MR) is 74.4 cm³/mol. The molecule has 0 spiro atoms. The Labute approximate surface area is 116 Å². The first kappa shape index (κ1) is 13.7. The average molecular weight is 286 g/mol. The fraction of sp³-hybridized carbons (Fsp3) is 0.462. The van der Waals surface area contributed by atoms with Gasteiger partial charge in [0.2, 0.25) is 0 Å². The Kier molecular flexibility index (Phi) is 4.54. The quantitative estimate of drug-likeness (QED) is 0.868. The highest BCUT2D eigenvalue weighted by Crippen LogP contribution is 2.27. The number of benzene rings is 1. The zero-order valence-corrected chi connectivity index (χ0v) is 11.8. The van der Waals surface area contributed by atoms with Crippen molar-refractivity contribution in [3.05, 3.63) is 28.8 Å². The zero-order valence-electron chi connectivity index (χ0n) is 10.2. The maximum atomic E-state index is 12.4. The zero-order chi connectivity index (χ0) is 13.1. The van der Waals surface area contributed by atoms with E-state index in [4.69, 9.17) is 11.6 Å². The Morgan fingerprint density at radius 2 is 2.39 bits per heavy atom. The molecule has 1 aromatic rings. The molecule has 0 saturated carbocycles. The maximum absolute atomic E-state index is 12.4. The van der Waals surface area contributed by atoms with Crippen LogP contribution in [-0.2, 0) is 0 Å². The third-order valence-electron chi connectivity index (χ3n) is 3.25. The van der Waals surface area contributed by atoms with Crippen LogP contribution in [0.2, 0.25) is 5.02 Å². The predicted octanol–water partition coefficient (Wildman–Crippen LogP) is 2.66. The fourth-order valence-corrected chi connectivity index (χ4v) is 2.88. The number of nitrogens with zero attached hydrogens (tertiary/aromatic N) is 1. The van der Waals surface area contributed by atoms with Crippen molar-refractivity contribution < 1.29 is 9.90 Å². The number of carbonyl (C=O) groups excluding carboxylic acids is 1. The first-order chi connectivity index (χ1) is 8.67. The summed E-state index contributed by atoms with van der Waals surface area (Å²) in [7, 11) is 0. The van der Waals surface area contributed by atoms with E-state index in [1.54, 1.807) is 22.7 Å². The lowest BCUT2D eigenvalue weighted by atomic mass is 10.1. The standard InChI is InChI=1S/C13H16ClNO2S/c1-18-10-4-5-12(14)11(7-10)13(17)15-6-2-3-9(15)8-16/h4-5,7,9,16H,2-3,6,8H2,1H3/t9-/m0/s1. The molecule has 2 rings (SSSR count). The van der Waals surface area contributed by atoms with Gasteiger partial charge in [-0.05, 0) is 37.3 Å². The second-order valence-corrected chi connectivity index (χ2v) is 5.61. The number of rotatable bonds is 3. The van der Waals surface area contributed by atoms with Crippen molar-refractivity contribution in [2.45, 2.75) is 23.8 Å². The van der Waals surface area contributed by atoms with Crippen molar-refractivity contribution in [3.8, 4) is 0 Å². The first-order valence-corrected chi connectivity index (χ1v) is 7.53. The van der Waals surface area contributed by atoms with Gasteiger partial charge in [0.05, 0.1) is 23.2 Å². The van der Waals surface area contributed by atoms with Crippen LogP contribution in [0, 0.1) is 0 Å². The van der Waals surface area contributed by atoms with Gasteiger partial charge in [0.15, 0.2) is 0 Å². The summed E-state index contributed by atoms with van der Waals surface area (Å²) in [5.74, 6) is -0.0764. The first-order valence-electron chi connectivity index (χ1n) is 5.92. The molecule has 1 N–H and O–H groups in total. The van der Waals surface area contributed by atoms with Gasteiger partial charge in [0, 0.05) is 11.4 Å². The van der Waals surface area contributed by atoms with Crippen LogP contribution >= 0.6 is 23.4 Å². The van der Waals surface area contributed by atoms with Gasteiger partial charge in [-0.2, -0.15) is 0 Å². The second-order valence-electron chi connectivity index (χ2n) is 4.32. The minimum absolute atomic E-state index is 0.0194. The molecule has 0 bridgehead atoms. The van der Waals surface area contributed by atoms with Crippen LogP contribution in [-0.4, -0.2) is 41.4 Å². The van der Waals surface area contributed by atoms with Gasteiger partial charge >= 0.3 is 0 Å². The summed E-state index contributed by atoms with van der Waals surface area (Å²) in [6.07, 6.45) is 3.77. The lowest BCUT2D eigenvalue weighted by Crippen LogP contribution is -2.37. The number of thioether (sulfide) groups is 1. The number of amides is 1. The molecule has 3 nitrogen and oxygen atoms in total. The van der Waals surface area contributed by atoms with E-state index in [2.05, 4.69) is 0 Å².